The third-order valence-electron chi connectivity index (χ3n) is 10.9. The van der Waals surface area contributed by atoms with Crippen LogP contribution in [0.15, 0.2) is 97.3 Å². The molecule has 0 saturated carbocycles. The Balaban J connectivity index is 0.000000439. The number of carboxylic acids is 2. The molecular formula is C50H74N4O4Ru+2. The summed E-state index contributed by atoms with van der Waals surface area (Å²) in [5, 5.41) is 21.4. The Kier molecular flexibility index (Phi) is 28.1. The number of carboxylic acid groups (broad SMARTS) is 2. The van der Waals surface area contributed by atoms with E-state index in [0.717, 1.165) is 0 Å². The molecule has 4 aromatic rings. The number of rotatable bonds is 25. The molecule has 324 valence electrons. The molecule has 0 aliphatic carbocycles. The summed E-state index contributed by atoms with van der Waals surface area (Å²) >= 11 is 0. The van der Waals surface area contributed by atoms with Crippen LogP contribution in [0, 0.1) is 0 Å². The number of hydrogen-bond acceptors (Lipinski definition) is 6. The number of aromatic carboxylic acids is 2. The normalized spacial score (nSPS) is 11.0. The number of unbranched alkanes of at least 4 members (excludes halogenated alkanes) is 6. The standard InChI is InChI=1S/2C19H34N.C12H8N2O4.Ru/c2*1-4-7-15-20(16-8-5-2,17-9-6-3)18-19-13-11-10-12-14-19;15-11(16)7-1-3-13-9(5-7)10-6-8(12(17)18)2-4-14-10;/h2*10-14H,4-9,15-18H2,1-3H3;1-6H,(H,15,16)(H,17,18);/q2*+1;;+2/p-2. The summed E-state index contributed by atoms with van der Waals surface area (Å²) in [4.78, 5) is 29.2. The zero-order valence-electron chi connectivity index (χ0n) is 37.2. The van der Waals surface area contributed by atoms with Crippen LogP contribution in [0.3, 0.4) is 0 Å². The van der Waals surface area contributed by atoms with Crippen molar-refractivity contribution in [3.8, 4) is 11.4 Å². The number of hydrogen-bond donors (Lipinski definition) is 0. The predicted molar refractivity (Wildman–Crippen MR) is 236 cm³/mol. The first-order valence-corrected chi connectivity index (χ1v) is 22.2. The van der Waals surface area contributed by atoms with Crippen LogP contribution in [0.1, 0.15) is 150 Å². The zero-order chi connectivity index (χ0) is 42.5. The second kappa shape index (κ2) is 31.1. The van der Waals surface area contributed by atoms with Crippen LogP contribution in [0.25, 0.3) is 11.4 Å². The van der Waals surface area contributed by atoms with E-state index in [4.69, 9.17) is 0 Å². The van der Waals surface area contributed by atoms with Crippen molar-refractivity contribution in [1.82, 2.24) is 9.97 Å². The van der Waals surface area contributed by atoms with Gasteiger partial charge in [0.15, 0.2) is 0 Å². The van der Waals surface area contributed by atoms with Gasteiger partial charge in [-0.2, -0.15) is 0 Å². The summed E-state index contributed by atoms with van der Waals surface area (Å²) < 4.78 is 2.61. The Morgan fingerprint density at radius 2 is 0.729 bits per heavy atom. The molecule has 0 bridgehead atoms. The number of carbonyl (C=O) groups excluding carboxylic acids is 2. The first kappa shape index (κ1) is 53.2. The van der Waals surface area contributed by atoms with Crippen molar-refractivity contribution >= 4 is 11.9 Å². The van der Waals surface area contributed by atoms with Crippen molar-refractivity contribution in [1.29, 1.82) is 0 Å². The molecule has 0 amide bonds. The Morgan fingerprint density at radius 3 is 0.966 bits per heavy atom. The molecule has 0 spiro atoms. The van der Waals surface area contributed by atoms with E-state index in [-0.39, 0.29) is 42.0 Å². The predicted octanol–water partition coefficient (Wildman–Crippen LogP) is 9.68. The molecule has 4 rings (SSSR count). The molecule has 0 atom stereocenters. The van der Waals surface area contributed by atoms with Crippen LogP contribution in [0.2, 0.25) is 0 Å². The van der Waals surface area contributed by atoms with Gasteiger partial charge in [0.25, 0.3) is 0 Å². The van der Waals surface area contributed by atoms with Gasteiger partial charge in [0.2, 0.25) is 0 Å². The summed E-state index contributed by atoms with van der Waals surface area (Å²) in [5.41, 5.74) is 3.41. The van der Waals surface area contributed by atoms with Gasteiger partial charge in [-0.05, 0) is 62.8 Å². The quantitative estimate of drug-likeness (QED) is 0.0485. The molecule has 8 nitrogen and oxygen atoms in total. The van der Waals surface area contributed by atoms with E-state index in [9.17, 15) is 19.8 Å². The number of benzene rings is 2. The van der Waals surface area contributed by atoms with Crippen LogP contribution >= 0.6 is 0 Å². The second-order valence-electron chi connectivity index (χ2n) is 15.9. The van der Waals surface area contributed by atoms with Gasteiger partial charge in [0.05, 0.1) is 62.6 Å². The molecule has 2 aromatic heterocycles. The van der Waals surface area contributed by atoms with Crippen LogP contribution in [0.5, 0.6) is 0 Å². The second-order valence-corrected chi connectivity index (χ2v) is 15.9. The summed E-state index contributed by atoms with van der Waals surface area (Å²) in [7, 11) is 0. The average molecular weight is 896 g/mol. The Hall–Kier alpha value is -3.78. The summed E-state index contributed by atoms with van der Waals surface area (Å²) in [5.74, 6) is -2.68. The van der Waals surface area contributed by atoms with E-state index >= 15 is 0 Å². The molecule has 2 heterocycles. The molecule has 0 aliphatic rings. The number of carbonyl (C=O) groups is 2. The molecule has 9 heteroatoms. The molecule has 0 N–H and O–H groups in total. The minimum atomic E-state index is -1.34. The zero-order valence-corrected chi connectivity index (χ0v) is 38.9. The summed E-state index contributed by atoms with van der Waals surface area (Å²) in [6.07, 6.45) is 18.6. The number of nitrogens with zero attached hydrogens (tertiary/aromatic N) is 4. The fourth-order valence-electron chi connectivity index (χ4n) is 7.44. The molecule has 2 aromatic carbocycles. The maximum absolute atomic E-state index is 10.7. The third-order valence-corrected chi connectivity index (χ3v) is 10.9. The Morgan fingerprint density at radius 1 is 0.458 bits per heavy atom. The molecule has 0 unspecified atom stereocenters. The minimum absolute atomic E-state index is 0. The van der Waals surface area contributed by atoms with Gasteiger partial charge in [0, 0.05) is 34.6 Å². The van der Waals surface area contributed by atoms with E-state index in [2.05, 4.69) is 112 Å². The van der Waals surface area contributed by atoms with Crippen LogP contribution < -0.4 is 10.2 Å². The van der Waals surface area contributed by atoms with Gasteiger partial charge < -0.3 is 28.8 Å². The van der Waals surface area contributed by atoms with Gasteiger partial charge >= 0.3 is 19.5 Å². The third kappa shape index (κ3) is 20.8. The van der Waals surface area contributed by atoms with Gasteiger partial charge in [-0.15, -0.1) is 0 Å². The molecule has 0 saturated heterocycles. The SMILES string of the molecule is CCCC[N+](CCCC)(CCCC)Cc1ccccc1.CCCC[N+](CCCC)(CCCC)Cc1ccccc1.O=C([O-])c1ccnc(-c2cc(C(=O)[O-])ccn2)c1.[Ru+2]. The molecule has 0 aliphatic heterocycles. The Bertz CT molecular complexity index is 1520. The largest absolute Gasteiger partial charge is 2.00 e. The molecule has 59 heavy (non-hydrogen) atoms. The van der Waals surface area contributed by atoms with Gasteiger partial charge in [-0.25, -0.2) is 0 Å². The van der Waals surface area contributed by atoms with E-state index in [0.29, 0.717) is 0 Å². The topological polar surface area (TPSA) is 106 Å². The van der Waals surface area contributed by atoms with Crippen molar-refractivity contribution in [2.24, 2.45) is 0 Å². The number of quaternary nitrogens is 2. The minimum Gasteiger partial charge on any atom is -0.545 e. The summed E-state index contributed by atoms with van der Waals surface area (Å²) in [6.45, 7) is 24.5. The average Bonchev–Trinajstić information content (AvgIpc) is 3.26. The van der Waals surface area contributed by atoms with Gasteiger partial charge in [0.1, 0.15) is 13.1 Å². The number of aromatic nitrogens is 2. The molecule has 0 radical (unpaired) electrons. The Labute approximate surface area is 370 Å². The van der Waals surface area contributed by atoms with E-state index < -0.39 is 11.9 Å². The molecule has 0 fully saturated rings. The van der Waals surface area contributed by atoms with Crippen LogP contribution in [-0.4, -0.2) is 70.1 Å². The maximum atomic E-state index is 10.7. The number of pyridine rings is 2. The van der Waals surface area contributed by atoms with E-state index in [1.165, 1.54) is 186 Å². The smallest absolute Gasteiger partial charge is 0.545 e. The van der Waals surface area contributed by atoms with Crippen LogP contribution in [-0.2, 0) is 32.6 Å². The molecular weight excluding hydrogens is 822 g/mol. The van der Waals surface area contributed by atoms with Crippen molar-refractivity contribution in [3.05, 3.63) is 120 Å². The maximum Gasteiger partial charge on any atom is 2.00 e. The van der Waals surface area contributed by atoms with E-state index in [1.807, 2.05) is 0 Å². The summed E-state index contributed by atoms with van der Waals surface area (Å²) in [6, 6.07) is 27.3. The first-order valence-electron chi connectivity index (χ1n) is 22.2. The first-order chi connectivity index (χ1) is 28.1. The monoisotopic (exact) mass is 896 g/mol. The van der Waals surface area contributed by atoms with Crippen LogP contribution in [0.4, 0.5) is 0 Å². The fraction of sp³-hybridized carbons (Fsp3) is 0.520. The fourth-order valence-corrected chi connectivity index (χ4v) is 7.44. The van der Waals surface area contributed by atoms with Crippen molar-refractivity contribution in [2.75, 3.05) is 39.3 Å². The van der Waals surface area contributed by atoms with Gasteiger partial charge in [-0.3, -0.25) is 9.97 Å². The van der Waals surface area contributed by atoms with Crippen molar-refractivity contribution in [2.45, 2.75) is 132 Å². The van der Waals surface area contributed by atoms with Crippen molar-refractivity contribution in [3.63, 3.8) is 0 Å². The van der Waals surface area contributed by atoms with Crippen molar-refractivity contribution < 1.29 is 48.2 Å². The van der Waals surface area contributed by atoms with E-state index in [1.54, 1.807) is 0 Å². The van der Waals surface area contributed by atoms with Gasteiger partial charge in [-0.1, -0.05) is 141 Å².